The van der Waals surface area contributed by atoms with E-state index in [1.54, 1.807) is 6.92 Å². The first-order valence-electron chi connectivity index (χ1n) is 5.27. The highest BCUT2D eigenvalue weighted by molar-refractivity contribution is 7.89. The highest BCUT2D eigenvalue weighted by Gasteiger charge is 2.21. The standard InChI is InChI=1S/C9H20N2O3S.ClH/c1-8(14-2)7-15(12,13)11-9-4-3-5-10-6-9;/h8-11H,3-7H2,1-2H3;1H/t8?,9-;/m1./s1. The van der Waals surface area contributed by atoms with Gasteiger partial charge in [0.05, 0.1) is 11.9 Å². The molecule has 2 N–H and O–H groups in total. The molecule has 0 saturated carbocycles. The molecule has 0 spiro atoms. The van der Waals surface area contributed by atoms with E-state index in [-0.39, 0.29) is 30.3 Å². The molecule has 1 rings (SSSR count). The van der Waals surface area contributed by atoms with Gasteiger partial charge in [0, 0.05) is 19.7 Å². The molecule has 98 valence electrons. The number of rotatable bonds is 5. The summed E-state index contributed by atoms with van der Waals surface area (Å²) in [6, 6.07) is 0.0350. The molecule has 5 nitrogen and oxygen atoms in total. The Morgan fingerprint density at radius 2 is 2.25 bits per heavy atom. The van der Waals surface area contributed by atoms with Crippen LogP contribution in [0.15, 0.2) is 0 Å². The van der Waals surface area contributed by atoms with Crippen molar-refractivity contribution in [1.29, 1.82) is 0 Å². The third-order valence-electron chi connectivity index (χ3n) is 2.50. The maximum atomic E-state index is 11.6. The van der Waals surface area contributed by atoms with Crippen LogP contribution in [0.2, 0.25) is 0 Å². The SMILES string of the molecule is COC(C)CS(=O)(=O)N[C@@H]1CCCNC1.Cl. The topological polar surface area (TPSA) is 67.4 Å². The summed E-state index contributed by atoms with van der Waals surface area (Å²) in [5, 5.41) is 3.17. The van der Waals surface area contributed by atoms with E-state index in [0.29, 0.717) is 0 Å². The fourth-order valence-corrected chi connectivity index (χ4v) is 3.19. The highest BCUT2D eigenvalue weighted by atomic mass is 35.5. The smallest absolute Gasteiger partial charge is 0.214 e. The second-order valence-electron chi connectivity index (χ2n) is 3.99. The zero-order valence-corrected chi connectivity index (χ0v) is 11.4. The molecule has 0 aliphatic carbocycles. The normalized spacial score (nSPS) is 23.5. The van der Waals surface area contributed by atoms with Crippen LogP contribution in [0.4, 0.5) is 0 Å². The predicted molar refractivity (Wildman–Crippen MR) is 66.5 cm³/mol. The molecule has 0 bridgehead atoms. The number of sulfonamides is 1. The summed E-state index contributed by atoms with van der Waals surface area (Å²) in [7, 11) is -1.69. The van der Waals surface area contributed by atoms with Gasteiger partial charge in [0.25, 0.3) is 0 Å². The second-order valence-corrected chi connectivity index (χ2v) is 5.79. The van der Waals surface area contributed by atoms with Crippen molar-refractivity contribution in [2.24, 2.45) is 0 Å². The molecule has 1 heterocycles. The first-order chi connectivity index (χ1) is 7.03. The van der Waals surface area contributed by atoms with Crippen LogP contribution in [0.25, 0.3) is 0 Å². The zero-order valence-electron chi connectivity index (χ0n) is 9.73. The Morgan fingerprint density at radius 1 is 1.56 bits per heavy atom. The van der Waals surface area contributed by atoms with E-state index in [4.69, 9.17) is 4.74 Å². The lowest BCUT2D eigenvalue weighted by Gasteiger charge is -2.24. The largest absolute Gasteiger partial charge is 0.381 e. The molecular formula is C9H21ClN2O3S. The van der Waals surface area contributed by atoms with Crippen LogP contribution in [0.3, 0.4) is 0 Å². The van der Waals surface area contributed by atoms with Gasteiger partial charge in [-0.15, -0.1) is 12.4 Å². The van der Waals surface area contributed by atoms with Crippen LogP contribution in [-0.2, 0) is 14.8 Å². The Balaban J connectivity index is 0.00000225. The quantitative estimate of drug-likeness (QED) is 0.746. The Morgan fingerprint density at radius 3 is 2.75 bits per heavy atom. The summed E-state index contributed by atoms with van der Waals surface area (Å²) in [6.45, 7) is 3.45. The molecule has 1 aliphatic rings. The van der Waals surface area contributed by atoms with Crippen molar-refractivity contribution in [1.82, 2.24) is 10.0 Å². The van der Waals surface area contributed by atoms with E-state index in [9.17, 15) is 8.42 Å². The monoisotopic (exact) mass is 272 g/mol. The maximum Gasteiger partial charge on any atom is 0.214 e. The summed E-state index contributed by atoms with van der Waals surface area (Å²) in [6.07, 6.45) is 1.67. The summed E-state index contributed by atoms with van der Waals surface area (Å²) >= 11 is 0. The zero-order chi connectivity index (χ0) is 11.3. The van der Waals surface area contributed by atoms with Crippen molar-refractivity contribution in [3.8, 4) is 0 Å². The van der Waals surface area contributed by atoms with Gasteiger partial charge in [-0.3, -0.25) is 0 Å². The van der Waals surface area contributed by atoms with Gasteiger partial charge >= 0.3 is 0 Å². The molecule has 0 aromatic carbocycles. The summed E-state index contributed by atoms with van der Waals surface area (Å²) in [5.41, 5.74) is 0. The Kier molecular flexibility index (Phi) is 7.50. The number of methoxy groups -OCH3 is 1. The lowest BCUT2D eigenvalue weighted by molar-refractivity contribution is 0.136. The molecule has 16 heavy (non-hydrogen) atoms. The second kappa shape index (κ2) is 7.45. The minimum Gasteiger partial charge on any atom is -0.381 e. The average molecular weight is 273 g/mol. The minimum atomic E-state index is -3.21. The lowest BCUT2D eigenvalue weighted by Crippen LogP contribution is -2.47. The molecule has 1 unspecified atom stereocenters. The van der Waals surface area contributed by atoms with Gasteiger partial charge in [-0.25, -0.2) is 13.1 Å². The van der Waals surface area contributed by atoms with Crippen LogP contribution >= 0.6 is 12.4 Å². The van der Waals surface area contributed by atoms with E-state index in [1.165, 1.54) is 7.11 Å². The molecule has 0 amide bonds. The van der Waals surface area contributed by atoms with Crippen LogP contribution in [0.1, 0.15) is 19.8 Å². The first-order valence-corrected chi connectivity index (χ1v) is 6.92. The lowest BCUT2D eigenvalue weighted by atomic mass is 10.1. The number of halogens is 1. The number of piperidine rings is 1. The van der Waals surface area contributed by atoms with Crippen LogP contribution < -0.4 is 10.0 Å². The van der Waals surface area contributed by atoms with Crippen molar-refractivity contribution in [3.63, 3.8) is 0 Å². The van der Waals surface area contributed by atoms with E-state index in [1.807, 2.05) is 0 Å². The molecule has 0 aromatic heterocycles. The minimum absolute atomic E-state index is 0. The number of hydrogen-bond acceptors (Lipinski definition) is 4. The van der Waals surface area contributed by atoms with Crippen LogP contribution in [-0.4, -0.2) is 46.5 Å². The van der Waals surface area contributed by atoms with E-state index in [2.05, 4.69) is 10.0 Å². The van der Waals surface area contributed by atoms with Gasteiger partial charge in [0.1, 0.15) is 0 Å². The van der Waals surface area contributed by atoms with Gasteiger partial charge in [0.2, 0.25) is 10.0 Å². The van der Waals surface area contributed by atoms with Crippen molar-refractivity contribution in [2.75, 3.05) is 26.0 Å². The van der Waals surface area contributed by atoms with E-state index < -0.39 is 10.0 Å². The summed E-state index contributed by atoms with van der Waals surface area (Å²) in [4.78, 5) is 0. The van der Waals surface area contributed by atoms with Crippen molar-refractivity contribution in [2.45, 2.75) is 31.9 Å². The average Bonchev–Trinajstić information content (AvgIpc) is 2.17. The molecule has 1 saturated heterocycles. The molecule has 1 fully saturated rings. The fourth-order valence-electron chi connectivity index (χ4n) is 1.63. The van der Waals surface area contributed by atoms with Crippen molar-refractivity contribution >= 4 is 22.4 Å². The number of nitrogens with one attached hydrogen (secondary N) is 2. The van der Waals surface area contributed by atoms with Gasteiger partial charge in [-0.1, -0.05) is 0 Å². The summed E-state index contributed by atoms with van der Waals surface area (Å²) < 4.78 is 30.9. The molecule has 7 heteroatoms. The Bertz CT molecular complexity index is 278. The molecule has 1 aliphatic heterocycles. The molecular weight excluding hydrogens is 252 g/mol. The Hall–Kier alpha value is 0.120. The van der Waals surface area contributed by atoms with E-state index in [0.717, 1.165) is 25.9 Å². The van der Waals surface area contributed by atoms with Crippen LogP contribution in [0.5, 0.6) is 0 Å². The van der Waals surface area contributed by atoms with Gasteiger partial charge < -0.3 is 10.1 Å². The maximum absolute atomic E-state index is 11.6. The third kappa shape index (κ3) is 6.00. The van der Waals surface area contributed by atoms with Crippen molar-refractivity contribution < 1.29 is 13.2 Å². The van der Waals surface area contributed by atoms with Gasteiger partial charge in [0.15, 0.2) is 0 Å². The third-order valence-corrected chi connectivity index (χ3v) is 4.10. The first kappa shape index (κ1) is 16.1. The van der Waals surface area contributed by atoms with Crippen molar-refractivity contribution in [3.05, 3.63) is 0 Å². The number of hydrogen-bond donors (Lipinski definition) is 2. The Labute approximate surface area is 104 Å². The van der Waals surface area contributed by atoms with E-state index >= 15 is 0 Å². The van der Waals surface area contributed by atoms with Gasteiger partial charge in [-0.2, -0.15) is 0 Å². The molecule has 0 radical (unpaired) electrons. The van der Waals surface area contributed by atoms with Crippen LogP contribution in [0, 0.1) is 0 Å². The molecule has 2 atom stereocenters. The molecule has 0 aromatic rings. The number of ether oxygens (including phenoxy) is 1. The highest BCUT2D eigenvalue weighted by Crippen LogP contribution is 2.04. The predicted octanol–water partition coefficient (Wildman–Crippen LogP) is 0.115. The fraction of sp³-hybridized carbons (Fsp3) is 1.00. The van der Waals surface area contributed by atoms with Gasteiger partial charge in [-0.05, 0) is 26.3 Å². The summed E-state index contributed by atoms with van der Waals surface area (Å²) in [5.74, 6) is 0.0278.